The van der Waals surface area contributed by atoms with Gasteiger partial charge in [0.15, 0.2) is 0 Å². The fraction of sp³-hybridized carbons (Fsp3) is 0.125. The van der Waals surface area contributed by atoms with E-state index < -0.39 is 4.92 Å². The van der Waals surface area contributed by atoms with Gasteiger partial charge in [-0.25, -0.2) is 4.98 Å². The third kappa shape index (κ3) is 4.63. The first-order valence-corrected chi connectivity index (χ1v) is 6.90. The van der Waals surface area contributed by atoms with Crippen LogP contribution in [0, 0.1) is 10.1 Å². The summed E-state index contributed by atoms with van der Waals surface area (Å²) in [5.41, 5.74) is 4.60. The standard InChI is InChI=1S/C16H17N5O2/c1-20(2)14-9-7-13(8-10-14)5-3-12-18-19-16-15(21(22)23)6-4-11-17-16/h3-12H,1-2H3,(H,17,19)/b5-3+,18-12-. The molecular formula is C16H17N5O2. The van der Waals surface area contributed by atoms with Crippen molar-refractivity contribution in [1.82, 2.24) is 4.98 Å². The van der Waals surface area contributed by atoms with Crippen LogP contribution in [0.4, 0.5) is 17.2 Å². The maximum atomic E-state index is 10.8. The molecule has 0 aliphatic rings. The van der Waals surface area contributed by atoms with Gasteiger partial charge in [0.2, 0.25) is 5.82 Å². The fourth-order valence-corrected chi connectivity index (χ4v) is 1.81. The van der Waals surface area contributed by atoms with Gasteiger partial charge in [-0.3, -0.25) is 15.5 Å². The number of nitrogens with zero attached hydrogens (tertiary/aromatic N) is 4. The minimum Gasteiger partial charge on any atom is -0.378 e. The van der Waals surface area contributed by atoms with Crippen LogP contribution >= 0.6 is 0 Å². The summed E-state index contributed by atoms with van der Waals surface area (Å²) in [5.74, 6) is 0.109. The first kappa shape index (κ1) is 16.2. The van der Waals surface area contributed by atoms with Gasteiger partial charge in [0.05, 0.1) is 4.92 Å². The molecule has 0 radical (unpaired) electrons. The number of hydrogen-bond donors (Lipinski definition) is 1. The van der Waals surface area contributed by atoms with Crippen LogP contribution in [-0.4, -0.2) is 30.2 Å². The van der Waals surface area contributed by atoms with Crippen LogP contribution in [0.2, 0.25) is 0 Å². The third-order valence-corrected chi connectivity index (χ3v) is 3.01. The van der Waals surface area contributed by atoms with Crippen LogP contribution < -0.4 is 10.3 Å². The highest BCUT2D eigenvalue weighted by Gasteiger charge is 2.12. The fourth-order valence-electron chi connectivity index (χ4n) is 1.81. The molecule has 7 heteroatoms. The molecule has 7 nitrogen and oxygen atoms in total. The molecular weight excluding hydrogens is 294 g/mol. The number of anilines is 2. The van der Waals surface area contributed by atoms with E-state index in [0.29, 0.717) is 0 Å². The number of rotatable bonds is 6. The molecule has 1 heterocycles. The van der Waals surface area contributed by atoms with Gasteiger partial charge in [0.1, 0.15) is 0 Å². The Bertz CT molecular complexity index is 724. The molecule has 0 aliphatic carbocycles. The summed E-state index contributed by atoms with van der Waals surface area (Å²) < 4.78 is 0. The van der Waals surface area contributed by atoms with E-state index in [4.69, 9.17) is 0 Å². The van der Waals surface area contributed by atoms with Gasteiger partial charge in [0, 0.05) is 38.3 Å². The molecule has 2 aromatic rings. The van der Waals surface area contributed by atoms with Crippen LogP contribution in [0.1, 0.15) is 5.56 Å². The quantitative estimate of drug-likeness (QED) is 0.503. The zero-order chi connectivity index (χ0) is 16.7. The van der Waals surface area contributed by atoms with Crippen LogP contribution in [-0.2, 0) is 0 Å². The van der Waals surface area contributed by atoms with Crippen molar-refractivity contribution in [3.05, 3.63) is 64.3 Å². The second-order valence-corrected chi connectivity index (χ2v) is 4.86. The first-order chi connectivity index (χ1) is 11.1. The number of pyridine rings is 1. The highest BCUT2D eigenvalue weighted by atomic mass is 16.6. The number of nitro groups is 1. The maximum Gasteiger partial charge on any atom is 0.313 e. The minimum absolute atomic E-state index is 0.109. The summed E-state index contributed by atoms with van der Waals surface area (Å²) in [6.07, 6.45) is 6.61. The van der Waals surface area contributed by atoms with Gasteiger partial charge < -0.3 is 4.90 Å². The van der Waals surface area contributed by atoms with Crippen molar-refractivity contribution in [3.8, 4) is 0 Å². The first-order valence-electron chi connectivity index (χ1n) is 6.90. The number of hydrogen-bond acceptors (Lipinski definition) is 6. The number of hydrazone groups is 1. The van der Waals surface area contributed by atoms with E-state index in [1.807, 2.05) is 49.3 Å². The summed E-state index contributed by atoms with van der Waals surface area (Å²) in [6, 6.07) is 10.9. The zero-order valence-corrected chi connectivity index (χ0v) is 12.9. The van der Waals surface area contributed by atoms with Crippen molar-refractivity contribution in [2.24, 2.45) is 5.10 Å². The van der Waals surface area contributed by atoms with E-state index in [0.717, 1.165) is 11.3 Å². The van der Waals surface area contributed by atoms with Crippen molar-refractivity contribution >= 4 is 29.5 Å². The average Bonchev–Trinajstić information content (AvgIpc) is 2.55. The van der Waals surface area contributed by atoms with E-state index in [1.54, 1.807) is 6.08 Å². The van der Waals surface area contributed by atoms with Crippen molar-refractivity contribution in [3.63, 3.8) is 0 Å². The Morgan fingerprint density at radius 1 is 1.26 bits per heavy atom. The molecule has 0 spiro atoms. The van der Waals surface area contributed by atoms with Crippen LogP contribution in [0.5, 0.6) is 0 Å². The van der Waals surface area contributed by atoms with Crippen LogP contribution in [0.3, 0.4) is 0 Å². The molecule has 0 amide bonds. The Hall–Kier alpha value is -3.22. The molecule has 0 bridgehead atoms. The second kappa shape index (κ2) is 7.69. The smallest absolute Gasteiger partial charge is 0.313 e. The predicted octanol–water partition coefficient (Wildman–Crippen LogP) is 3.17. The molecule has 1 aromatic heterocycles. The van der Waals surface area contributed by atoms with Gasteiger partial charge >= 0.3 is 5.69 Å². The van der Waals surface area contributed by atoms with Gasteiger partial charge in [-0.15, -0.1) is 0 Å². The topological polar surface area (TPSA) is 83.7 Å². The summed E-state index contributed by atoms with van der Waals surface area (Å²) >= 11 is 0. The van der Waals surface area contributed by atoms with Crippen LogP contribution in [0.25, 0.3) is 6.08 Å². The maximum absolute atomic E-state index is 10.8. The second-order valence-electron chi connectivity index (χ2n) is 4.86. The van der Waals surface area contributed by atoms with E-state index in [1.165, 1.54) is 24.5 Å². The van der Waals surface area contributed by atoms with E-state index in [2.05, 4.69) is 15.5 Å². The molecule has 0 atom stereocenters. The summed E-state index contributed by atoms with van der Waals surface area (Å²) in [5, 5.41) is 14.7. The lowest BCUT2D eigenvalue weighted by molar-refractivity contribution is -0.384. The van der Waals surface area contributed by atoms with Gasteiger partial charge in [-0.2, -0.15) is 5.10 Å². The molecule has 118 valence electrons. The minimum atomic E-state index is -0.507. The van der Waals surface area contributed by atoms with Crippen molar-refractivity contribution in [1.29, 1.82) is 0 Å². The highest BCUT2D eigenvalue weighted by Crippen LogP contribution is 2.19. The van der Waals surface area contributed by atoms with Gasteiger partial charge in [0.25, 0.3) is 0 Å². The normalized spacial score (nSPS) is 11.0. The largest absolute Gasteiger partial charge is 0.378 e. The number of allylic oxidation sites excluding steroid dienone is 1. The van der Waals surface area contributed by atoms with Crippen molar-refractivity contribution in [2.45, 2.75) is 0 Å². The van der Waals surface area contributed by atoms with Gasteiger partial charge in [-0.1, -0.05) is 18.2 Å². The summed E-state index contributed by atoms with van der Waals surface area (Å²) in [6.45, 7) is 0. The van der Waals surface area contributed by atoms with Crippen LogP contribution in [0.15, 0.2) is 53.8 Å². The lowest BCUT2D eigenvalue weighted by Crippen LogP contribution is -2.07. The molecule has 0 unspecified atom stereocenters. The SMILES string of the molecule is CN(C)c1ccc(/C=C/C=N\Nc2ncccc2[N+](=O)[O-])cc1. The lowest BCUT2D eigenvalue weighted by atomic mass is 10.2. The number of aromatic nitrogens is 1. The Labute approximate surface area is 134 Å². The van der Waals surface area contributed by atoms with E-state index >= 15 is 0 Å². The molecule has 2 rings (SSSR count). The monoisotopic (exact) mass is 311 g/mol. The molecule has 0 fully saturated rings. The molecule has 1 aromatic carbocycles. The average molecular weight is 311 g/mol. The third-order valence-electron chi connectivity index (χ3n) is 3.01. The summed E-state index contributed by atoms with van der Waals surface area (Å²) in [4.78, 5) is 16.2. The van der Waals surface area contributed by atoms with E-state index in [9.17, 15) is 10.1 Å². The predicted molar refractivity (Wildman–Crippen MR) is 92.8 cm³/mol. The molecule has 0 saturated heterocycles. The van der Waals surface area contributed by atoms with Gasteiger partial charge in [-0.05, 0) is 29.8 Å². The molecule has 23 heavy (non-hydrogen) atoms. The number of nitrogens with one attached hydrogen (secondary N) is 1. The number of benzene rings is 1. The molecule has 0 aliphatic heterocycles. The Morgan fingerprint density at radius 3 is 2.65 bits per heavy atom. The zero-order valence-electron chi connectivity index (χ0n) is 12.9. The Balaban J connectivity index is 1.95. The highest BCUT2D eigenvalue weighted by molar-refractivity contribution is 5.79. The van der Waals surface area contributed by atoms with Crippen molar-refractivity contribution < 1.29 is 4.92 Å². The van der Waals surface area contributed by atoms with E-state index in [-0.39, 0.29) is 11.5 Å². The molecule has 1 N–H and O–H groups in total. The Morgan fingerprint density at radius 2 is 2.00 bits per heavy atom. The Kier molecular flexibility index (Phi) is 5.40. The molecule has 0 saturated carbocycles. The lowest BCUT2D eigenvalue weighted by Gasteiger charge is -2.11. The van der Waals surface area contributed by atoms with Crippen molar-refractivity contribution in [2.75, 3.05) is 24.4 Å². The summed E-state index contributed by atoms with van der Waals surface area (Å²) in [7, 11) is 3.97.